The fraction of sp³-hybridized carbons (Fsp3) is 0.500. The molecule has 2 unspecified atom stereocenters. The Kier molecular flexibility index (Phi) is 3.81. The summed E-state index contributed by atoms with van der Waals surface area (Å²) in [4.78, 5) is 26.1. The van der Waals surface area contributed by atoms with Crippen molar-refractivity contribution in [1.29, 1.82) is 0 Å². The van der Waals surface area contributed by atoms with Crippen molar-refractivity contribution in [3.8, 4) is 0 Å². The number of hydrogen-bond donors (Lipinski definition) is 2. The summed E-state index contributed by atoms with van der Waals surface area (Å²) in [5.41, 5.74) is -0.107. The molecule has 1 spiro atoms. The van der Waals surface area contributed by atoms with Crippen molar-refractivity contribution < 1.29 is 14.3 Å². The van der Waals surface area contributed by atoms with Crippen molar-refractivity contribution in [2.45, 2.75) is 37.8 Å². The lowest BCUT2D eigenvalue weighted by Crippen LogP contribution is -2.26. The van der Waals surface area contributed by atoms with E-state index in [9.17, 15) is 14.7 Å². The zero-order valence-corrected chi connectivity index (χ0v) is 16.2. The maximum atomic E-state index is 15.1. The van der Waals surface area contributed by atoms with Gasteiger partial charge >= 0.3 is 5.97 Å². The van der Waals surface area contributed by atoms with Gasteiger partial charge in [-0.15, -0.1) is 0 Å². The lowest BCUT2D eigenvalue weighted by molar-refractivity contribution is 0.0695. The number of carboxylic acids is 1. The summed E-state index contributed by atoms with van der Waals surface area (Å²) in [6, 6.07) is 1.71. The Morgan fingerprint density at radius 3 is 2.79 bits per heavy atom. The van der Waals surface area contributed by atoms with Gasteiger partial charge in [-0.05, 0) is 38.8 Å². The van der Waals surface area contributed by atoms with Crippen LogP contribution in [0.5, 0.6) is 0 Å². The van der Waals surface area contributed by atoms with E-state index in [-0.39, 0.29) is 27.4 Å². The Hall–Kier alpha value is -2.12. The molecule has 0 bridgehead atoms. The van der Waals surface area contributed by atoms with E-state index in [1.165, 1.54) is 6.20 Å². The molecule has 5 rings (SSSR count). The van der Waals surface area contributed by atoms with Crippen molar-refractivity contribution in [2.75, 3.05) is 25.0 Å². The summed E-state index contributed by atoms with van der Waals surface area (Å²) in [7, 11) is 1.94. The van der Waals surface area contributed by atoms with E-state index in [1.807, 2.05) is 11.9 Å². The monoisotopic (exact) mass is 405 g/mol. The molecule has 2 saturated carbocycles. The number of halogens is 2. The number of pyridine rings is 1. The second-order valence-corrected chi connectivity index (χ2v) is 8.69. The quantitative estimate of drug-likeness (QED) is 0.817. The van der Waals surface area contributed by atoms with E-state index in [1.54, 1.807) is 4.57 Å². The minimum atomic E-state index is -1.31. The lowest BCUT2D eigenvalue weighted by Gasteiger charge is -2.23. The summed E-state index contributed by atoms with van der Waals surface area (Å²) < 4.78 is 16.9. The van der Waals surface area contributed by atoms with Crippen LogP contribution in [-0.4, -0.2) is 41.8 Å². The Morgan fingerprint density at radius 2 is 2.18 bits per heavy atom. The zero-order chi connectivity index (χ0) is 19.8. The molecule has 2 N–H and O–H groups in total. The number of aromatic nitrogens is 1. The van der Waals surface area contributed by atoms with Gasteiger partial charge < -0.3 is 19.9 Å². The van der Waals surface area contributed by atoms with Gasteiger partial charge in [-0.2, -0.15) is 0 Å². The molecule has 0 radical (unpaired) electrons. The van der Waals surface area contributed by atoms with Crippen molar-refractivity contribution in [2.24, 2.45) is 5.41 Å². The molecular weight excluding hydrogens is 385 g/mol. The van der Waals surface area contributed by atoms with Gasteiger partial charge in [0.15, 0.2) is 0 Å². The van der Waals surface area contributed by atoms with Gasteiger partial charge in [0.25, 0.3) is 0 Å². The lowest BCUT2D eigenvalue weighted by atomic mass is 10.1. The fourth-order valence-electron chi connectivity index (χ4n) is 4.81. The first kappa shape index (κ1) is 17.9. The first-order valence-corrected chi connectivity index (χ1v) is 9.96. The topological polar surface area (TPSA) is 74.6 Å². The van der Waals surface area contributed by atoms with E-state index in [2.05, 4.69) is 5.32 Å². The summed E-state index contributed by atoms with van der Waals surface area (Å²) in [5, 5.41) is 12.9. The average molecular weight is 406 g/mol. The first-order chi connectivity index (χ1) is 13.4. The second kappa shape index (κ2) is 5.94. The number of carbonyl (C=O) groups is 1. The normalized spacial score (nSPS) is 26.4. The minimum absolute atomic E-state index is 0.0338. The number of aromatic carboxylic acids is 1. The Labute approximate surface area is 165 Å². The Bertz CT molecular complexity index is 1080. The molecule has 1 aromatic heterocycles. The van der Waals surface area contributed by atoms with Crippen LogP contribution < -0.4 is 15.6 Å². The number of nitrogens with one attached hydrogen (secondary N) is 1. The summed E-state index contributed by atoms with van der Waals surface area (Å²) in [5.74, 6) is -1.88. The molecule has 28 heavy (non-hydrogen) atoms. The number of rotatable bonds is 4. The van der Waals surface area contributed by atoms with E-state index < -0.39 is 17.2 Å². The molecule has 3 aliphatic rings. The van der Waals surface area contributed by atoms with E-state index in [0.29, 0.717) is 23.8 Å². The molecule has 2 aliphatic carbocycles. The van der Waals surface area contributed by atoms with Crippen LogP contribution in [0.4, 0.5) is 10.1 Å². The third-order valence-electron chi connectivity index (χ3n) is 6.59. The molecule has 8 heteroatoms. The highest BCUT2D eigenvalue weighted by molar-refractivity contribution is 6.38. The molecule has 3 fully saturated rings. The van der Waals surface area contributed by atoms with Crippen molar-refractivity contribution in [1.82, 2.24) is 9.88 Å². The van der Waals surface area contributed by atoms with Gasteiger partial charge in [0.2, 0.25) is 5.43 Å². The van der Waals surface area contributed by atoms with Gasteiger partial charge in [0, 0.05) is 36.8 Å². The highest BCUT2D eigenvalue weighted by Gasteiger charge is 2.57. The van der Waals surface area contributed by atoms with E-state index in [0.717, 1.165) is 38.3 Å². The molecular formula is C20H21ClFN3O3. The van der Waals surface area contributed by atoms with Crippen molar-refractivity contribution in [3.05, 3.63) is 38.9 Å². The van der Waals surface area contributed by atoms with Crippen LogP contribution in [0.15, 0.2) is 17.1 Å². The molecule has 2 atom stereocenters. The molecule has 1 aromatic carbocycles. The summed E-state index contributed by atoms with van der Waals surface area (Å²) in [6.07, 6.45) is 5.18. The predicted molar refractivity (Wildman–Crippen MR) is 105 cm³/mol. The van der Waals surface area contributed by atoms with Crippen molar-refractivity contribution in [3.63, 3.8) is 0 Å². The van der Waals surface area contributed by atoms with Crippen LogP contribution in [0.25, 0.3) is 10.9 Å². The number of hydrogen-bond acceptors (Lipinski definition) is 4. The van der Waals surface area contributed by atoms with Crippen LogP contribution >= 0.6 is 11.6 Å². The predicted octanol–water partition coefficient (Wildman–Crippen LogP) is 3.02. The molecule has 1 aliphatic heterocycles. The summed E-state index contributed by atoms with van der Waals surface area (Å²) >= 11 is 6.69. The van der Waals surface area contributed by atoms with Crippen LogP contribution in [0, 0.1) is 11.2 Å². The highest BCUT2D eigenvalue weighted by atomic mass is 35.5. The molecule has 148 valence electrons. The third-order valence-corrected chi connectivity index (χ3v) is 6.95. The van der Waals surface area contributed by atoms with Gasteiger partial charge in [0.05, 0.1) is 21.6 Å². The standard InChI is InChI=1S/C20H21ClFN3O3/c1-23-14-7-20(14)4-5-24(9-20)17-13(22)6-11-16(15(17)21)25(10-2-3-10)8-12(18(11)26)19(27)28/h6,8,10,14,23H,2-5,7,9H2,1H3,(H,27,28). The summed E-state index contributed by atoms with van der Waals surface area (Å²) in [6.45, 7) is 1.43. The van der Waals surface area contributed by atoms with E-state index >= 15 is 4.39 Å². The van der Waals surface area contributed by atoms with Gasteiger partial charge in [-0.25, -0.2) is 9.18 Å². The van der Waals surface area contributed by atoms with Crippen LogP contribution in [0.2, 0.25) is 5.02 Å². The number of anilines is 1. The smallest absolute Gasteiger partial charge is 0.341 e. The molecule has 0 amide bonds. The molecule has 6 nitrogen and oxygen atoms in total. The Morgan fingerprint density at radius 1 is 1.43 bits per heavy atom. The third kappa shape index (κ3) is 2.49. The maximum absolute atomic E-state index is 15.1. The number of fused-ring (bicyclic) bond motifs is 1. The minimum Gasteiger partial charge on any atom is -0.477 e. The Balaban J connectivity index is 1.68. The number of carboxylic acid groups (broad SMARTS) is 1. The SMILES string of the molecule is CNC1CC12CCN(c1c(F)cc3c(=O)c(C(=O)O)cn(C4CC4)c3c1Cl)C2. The fourth-order valence-corrected chi connectivity index (χ4v) is 5.22. The number of nitrogens with zero attached hydrogens (tertiary/aromatic N) is 2. The van der Waals surface area contributed by atoms with Crippen LogP contribution in [0.3, 0.4) is 0 Å². The zero-order valence-electron chi connectivity index (χ0n) is 15.5. The van der Waals surface area contributed by atoms with Crippen LogP contribution in [0.1, 0.15) is 42.1 Å². The van der Waals surface area contributed by atoms with Gasteiger partial charge in [-0.1, -0.05) is 11.6 Å². The highest BCUT2D eigenvalue weighted by Crippen LogP contribution is 2.54. The van der Waals surface area contributed by atoms with Crippen molar-refractivity contribution >= 4 is 34.2 Å². The van der Waals surface area contributed by atoms with Crippen LogP contribution in [-0.2, 0) is 0 Å². The second-order valence-electron chi connectivity index (χ2n) is 8.31. The molecule has 2 aromatic rings. The average Bonchev–Trinajstić information content (AvgIpc) is 3.54. The maximum Gasteiger partial charge on any atom is 0.341 e. The van der Waals surface area contributed by atoms with E-state index in [4.69, 9.17) is 11.6 Å². The number of benzene rings is 1. The van der Waals surface area contributed by atoms with Gasteiger partial charge in [-0.3, -0.25) is 4.79 Å². The first-order valence-electron chi connectivity index (χ1n) is 9.58. The largest absolute Gasteiger partial charge is 0.477 e. The van der Waals surface area contributed by atoms with Gasteiger partial charge in [0.1, 0.15) is 11.4 Å². The molecule has 1 saturated heterocycles. The molecule has 2 heterocycles.